The molecule has 1 aliphatic rings. The van der Waals surface area contributed by atoms with Crippen LogP contribution in [0.2, 0.25) is 0 Å². The monoisotopic (exact) mass is 408 g/mol. The Morgan fingerprint density at radius 1 is 1.33 bits per heavy atom. The number of piperazine rings is 1. The molecule has 1 N–H and O–H groups in total. The zero-order valence-electron chi connectivity index (χ0n) is 17.5. The first-order valence-electron chi connectivity index (χ1n) is 10.0. The maximum atomic E-state index is 12.7. The van der Waals surface area contributed by atoms with Crippen molar-refractivity contribution in [2.75, 3.05) is 33.8 Å². The van der Waals surface area contributed by atoms with Crippen LogP contribution < -0.4 is 10.1 Å². The number of nitrogens with one attached hydrogen (secondary N) is 1. The van der Waals surface area contributed by atoms with E-state index < -0.39 is 6.04 Å². The second kappa shape index (κ2) is 10.5. The summed E-state index contributed by atoms with van der Waals surface area (Å²) in [5, 5.41) is 2.88. The molecule has 2 amide bonds. The largest absolute Gasteiger partial charge is 0.496 e. The highest BCUT2D eigenvalue weighted by Crippen LogP contribution is 2.19. The molecule has 0 bridgehead atoms. The van der Waals surface area contributed by atoms with Crippen LogP contribution in [-0.2, 0) is 16.1 Å². The minimum Gasteiger partial charge on any atom is -0.496 e. The molecule has 3 rings (SSSR count). The first kappa shape index (κ1) is 21.5. The van der Waals surface area contributed by atoms with Gasteiger partial charge in [0.2, 0.25) is 11.8 Å². The summed E-state index contributed by atoms with van der Waals surface area (Å²) in [6, 6.07) is 11.1. The number of aromatic nitrogens is 1. The third-order valence-corrected chi connectivity index (χ3v) is 5.15. The van der Waals surface area contributed by atoms with E-state index in [9.17, 15) is 9.59 Å². The van der Waals surface area contributed by atoms with Crippen LogP contribution in [-0.4, -0.2) is 66.4 Å². The Kier molecular flexibility index (Phi) is 7.57. The van der Waals surface area contributed by atoms with Crippen LogP contribution in [0.4, 0.5) is 0 Å². The number of amides is 2. The van der Waals surface area contributed by atoms with E-state index in [0.717, 1.165) is 16.9 Å². The van der Waals surface area contributed by atoms with Crippen LogP contribution in [0, 0.1) is 0 Å². The quantitative estimate of drug-likeness (QED) is 0.723. The summed E-state index contributed by atoms with van der Waals surface area (Å²) in [6.07, 6.45) is 7.58. The Balaban J connectivity index is 1.62. The zero-order chi connectivity index (χ0) is 21.3. The number of para-hydroxylation sites is 1. The molecule has 7 nitrogen and oxygen atoms in total. The Bertz CT molecular complexity index is 885. The lowest BCUT2D eigenvalue weighted by Crippen LogP contribution is -2.56. The molecule has 0 unspecified atom stereocenters. The van der Waals surface area contributed by atoms with E-state index in [0.29, 0.717) is 26.2 Å². The van der Waals surface area contributed by atoms with Gasteiger partial charge in [-0.2, -0.15) is 0 Å². The van der Waals surface area contributed by atoms with E-state index in [1.54, 1.807) is 31.5 Å². The van der Waals surface area contributed by atoms with Gasteiger partial charge in [-0.1, -0.05) is 36.4 Å². The number of carbonyl (C=O) groups excluding carboxylic acids is 2. The van der Waals surface area contributed by atoms with Gasteiger partial charge >= 0.3 is 0 Å². The lowest BCUT2D eigenvalue weighted by atomic mass is 10.1. The summed E-state index contributed by atoms with van der Waals surface area (Å²) in [5.74, 6) is 0.628. The topological polar surface area (TPSA) is 74.8 Å². The molecule has 2 aromatic rings. The number of benzene rings is 1. The van der Waals surface area contributed by atoms with Crippen LogP contribution in [0.15, 0.2) is 54.9 Å². The maximum absolute atomic E-state index is 12.7. The van der Waals surface area contributed by atoms with Gasteiger partial charge in [-0.3, -0.25) is 19.5 Å². The number of hydrogen-bond acceptors (Lipinski definition) is 5. The fourth-order valence-electron chi connectivity index (χ4n) is 3.50. The van der Waals surface area contributed by atoms with Gasteiger partial charge in [-0.25, -0.2) is 0 Å². The van der Waals surface area contributed by atoms with Crippen molar-refractivity contribution in [1.29, 1.82) is 0 Å². The Morgan fingerprint density at radius 2 is 2.17 bits per heavy atom. The average molecular weight is 409 g/mol. The van der Waals surface area contributed by atoms with Crippen molar-refractivity contribution >= 4 is 17.9 Å². The number of carbonyl (C=O) groups is 2. The molecule has 1 aromatic heterocycles. The lowest BCUT2D eigenvalue weighted by molar-refractivity contribution is -0.138. The summed E-state index contributed by atoms with van der Waals surface area (Å²) >= 11 is 0. The molecule has 158 valence electrons. The number of pyridine rings is 1. The van der Waals surface area contributed by atoms with E-state index in [1.807, 2.05) is 53.5 Å². The molecule has 1 aromatic carbocycles. The first-order valence-corrected chi connectivity index (χ1v) is 10.0. The molecule has 1 saturated heterocycles. The average Bonchev–Trinajstić information content (AvgIpc) is 2.76. The summed E-state index contributed by atoms with van der Waals surface area (Å²) in [5.41, 5.74) is 1.93. The van der Waals surface area contributed by atoms with Gasteiger partial charge in [-0.15, -0.1) is 0 Å². The van der Waals surface area contributed by atoms with E-state index in [4.69, 9.17) is 4.74 Å². The van der Waals surface area contributed by atoms with Gasteiger partial charge in [0.05, 0.1) is 19.6 Å². The second-order valence-corrected chi connectivity index (χ2v) is 7.26. The molecule has 1 aliphatic heterocycles. The lowest BCUT2D eigenvalue weighted by Gasteiger charge is -2.34. The van der Waals surface area contributed by atoms with Gasteiger partial charge in [0, 0.05) is 51.2 Å². The molecule has 7 heteroatoms. The number of rotatable bonds is 8. The first-order chi connectivity index (χ1) is 14.6. The fourth-order valence-corrected chi connectivity index (χ4v) is 3.50. The van der Waals surface area contributed by atoms with Crippen LogP contribution in [0.5, 0.6) is 5.75 Å². The van der Waals surface area contributed by atoms with Crippen molar-refractivity contribution in [3.63, 3.8) is 0 Å². The van der Waals surface area contributed by atoms with Gasteiger partial charge in [0.1, 0.15) is 5.75 Å². The summed E-state index contributed by atoms with van der Waals surface area (Å²) < 4.78 is 5.37. The van der Waals surface area contributed by atoms with E-state index >= 15 is 0 Å². The highest BCUT2D eigenvalue weighted by Gasteiger charge is 2.31. The van der Waals surface area contributed by atoms with E-state index in [2.05, 4.69) is 10.3 Å². The highest BCUT2D eigenvalue weighted by atomic mass is 16.5. The van der Waals surface area contributed by atoms with Crippen LogP contribution in [0.1, 0.15) is 17.5 Å². The molecule has 0 saturated carbocycles. The van der Waals surface area contributed by atoms with Crippen LogP contribution >= 0.6 is 0 Å². The summed E-state index contributed by atoms with van der Waals surface area (Å²) in [4.78, 5) is 33.0. The fraction of sp³-hybridized carbons (Fsp3) is 0.348. The van der Waals surface area contributed by atoms with Crippen LogP contribution in [0.3, 0.4) is 0 Å². The minimum atomic E-state index is -0.482. The number of ether oxygens (including phenoxy) is 1. The molecule has 30 heavy (non-hydrogen) atoms. The third-order valence-electron chi connectivity index (χ3n) is 5.15. The minimum absolute atomic E-state index is 0.0698. The van der Waals surface area contributed by atoms with Gasteiger partial charge < -0.3 is 15.0 Å². The predicted molar refractivity (Wildman–Crippen MR) is 116 cm³/mol. The smallest absolute Gasteiger partial charge is 0.237 e. The van der Waals surface area contributed by atoms with Crippen molar-refractivity contribution < 1.29 is 14.3 Å². The summed E-state index contributed by atoms with van der Waals surface area (Å²) in [7, 11) is 3.40. The predicted octanol–water partition coefficient (Wildman–Crippen LogP) is 1.95. The zero-order valence-corrected chi connectivity index (χ0v) is 17.5. The number of nitrogens with zero attached hydrogens (tertiary/aromatic N) is 3. The number of methoxy groups -OCH3 is 1. The Labute approximate surface area is 177 Å². The van der Waals surface area contributed by atoms with Crippen molar-refractivity contribution in [1.82, 2.24) is 20.1 Å². The normalized spacial score (nSPS) is 17.0. The van der Waals surface area contributed by atoms with Crippen molar-refractivity contribution in [3.05, 3.63) is 66.0 Å². The van der Waals surface area contributed by atoms with Gasteiger partial charge in [0.15, 0.2) is 0 Å². The second-order valence-electron chi connectivity index (χ2n) is 7.26. The molecule has 0 aliphatic carbocycles. The molecular formula is C23H28N4O3. The van der Waals surface area contributed by atoms with Crippen molar-refractivity contribution in [3.8, 4) is 5.75 Å². The SMILES string of the molecule is COc1ccccc1/C=C/CN1CCNC(=O)[C@H]1CC(=O)N(C)Cc1cccnc1. The molecule has 1 fully saturated rings. The molecule has 2 heterocycles. The van der Waals surface area contributed by atoms with Crippen LogP contribution in [0.25, 0.3) is 6.08 Å². The standard InChI is InChI=1S/C23H28N4O3/c1-26(17-18-7-5-11-24-16-18)22(28)15-20-23(29)25-12-14-27(20)13-6-9-19-8-3-4-10-21(19)30-2/h3-11,16,20H,12-15,17H2,1-2H3,(H,25,29)/b9-6+/t20-/m1/s1. The maximum Gasteiger partial charge on any atom is 0.237 e. The number of hydrogen-bond donors (Lipinski definition) is 1. The molecule has 1 atom stereocenters. The van der Waals surface area contributed by atoms with E-state index in [1.165, 1.54) is 0 Å². The Morgan fingerprint density at radius 3 is 2.93 bits per heavy atom. The molecule has 0 spiro atoms. The van der Waals surface area contributed by atoms with E-state index in [-0.39, 0.29) is 18.2 Å². The summed E-state index contributed by atoms with van der Waals surface area (Å²) in [6.45, 7) is 2.33. The van der Waals surface area contributed by atoms with Gasteiger partial charge in [-0.05, 0) is 17.7 Å². The van der Waals surface area contributed by atoms with Crippen molar-refractivity contribution in [2.24, 2.45) is 0 Å². The van der Waals surface area contributed by atoms with Crippen molar-refractivity contribution in [2.45, 2.75) is 19.0 Å². The third kappa shape index (κ3) is 5.67. The van der Waals surface area contributed by atoms with Gasteiger partial charge in [0.25, 0.3) is 0 Å². The molecular weight excluding hydrogens is 380 g/mol. The highest BCUT2D eigenvalue weighted by molar-refractivity contribution is 5.88. The molecule has 0 radical (unpaired) electrons. The Hall–Kier alpha value is -3.19.